The lowest BCUT2D eigenvalue weighted by Gasteiger charge is -2.05. The van der Waals surface area contributed by atoms with Crippen LogP contribution in [0.5, 0.6) is 0 Å². The Morgan fingerprint density at radius 1 is 1.55 bits per heavy atom. The first-order chi connectivity index (χ1) is 5.07. The van der Waals surface area contributed by atoms with E-state index in [9.17, 15) is 4.79 Å². The SMILES string of the molecule is CC(C)CC[C@@H](C#N)C(=O)O. The molecule has 0 rings (SSSR count). The third-order valence-corrected chi connectivity index (χ3v) is 1.49. The second-order valence-electron chi connectivity index (χ2n) is 2.99. The summed E-state index contributed by atoms with van der Waals surface area (Å²) in [6.07, 6.45) is 1.26. The van der Waals surface area contributed by atoms with Crippen LogP contribution in [-0.4, -0.2) is 11.1 Å². The van der Waals surface area contributed by atoms with E-state index in [-0.39, 0.29) is 0 Å². The van der Waals surface area contributed by atoms with Gasteiger partial charge in [0.1, 0.15) is 5.92 Å². The first-order valence-corrected chi connectivity index (χ1v) is 3.70. The summed E-state index contributed by atoms with van der Waals surface area (Å²) in [6, 6.07) is 1.76. The first-order valence-electron chi connectivity index (χ1n) is 3.70. The van der Waals surface area contributed by atoms with Gasteiger partial charge in [0, 0.05) is 0 Å². The van der Waals surface area contributed by atoms with Crippen molar-refractivity contribution in [2.24, 2.45) is 11.8 Å². The van der Waals surface area contributed by atoms with Crippen molar-refractivity contribution in [1.29, 1.82) is 5.26 Å². The fraction of sp³-hybridized carbons (Fsp3) is 0.750. The van der Waals surface area contributed by atoms with Gasteiger partial charge >= 0.3 is 5.97 Å². The maximum Gasteiger partial charge on any atom is 0.320 e. The van der Waals surface area contributed by atoms with Crippen molar-refractivity contribution in [1.82, 2.24) is 0 Å². The van der Waals surface area contributed by atoms with Crippen molar-refractivity contribution in [3.8, 4) is 6.07 Å². The topological polar surface area (TPSA) is 61.1 Å². The van der Waals surface area contributed by atoms with E-state index in [2.05, 4.69) is 0 Å². The van der Waals surface area contributed by atoms with Crippen LogP contribution in [0.4, 0.5) is 0 Å². The van der Waals surface area contributed by atoms with Crippen LogP contribution >= 0.6 is 0 Å². The Hall–Kier alpha value is -1.04. The van der Waals surface area contributed by atoms with Gasteiger partial charge in [-0.25, -0.2) is 0 Å². The van der Waals surface area contributed by atoms with Crippen LogP contribution < -0.4 is 0 Å². The number of nitriles is 1. The van der Waals surface area contributed by atoms with E-state index >= 15 is 0 Å². The zero-order valence-electron chi connectivity index (χ0n) is 6.87. The molecule has 0 aliphatic heterocycles. The van der Waals surface area contributed by atoms with Crippen molar-refractivity contribution in [2.75, 3.05) is 0 Å². The molecule has 0 spiro atoms. The molecular weight excluding hydrogens is 142 g/mol. The molecule has 0 bridgehead atoms. The molecule has 0 fully saturated rings. The van der Waals surface area contributed by atoms with Crippen LogP contribution in [0.25, 0.3) is 0 Å². The molecule has 0 amide bonds. The summed E-state index contributed by atoms with van der Waals surface area (Å²) >= 11 is 0. The molecular formula is C8H13NO2. The van der Waals surface area contributed by atoms with E-state index in [0.717, 1.165) is 6.42 Å². The highest BCUT2D eigenvalue weighted by Gasteiger charge is 2.15. The summed E-state index contributed by atoms with van der Waals surface area (Å²) in [5.74, 6) is -1.37. The quantitative estimate of drug-likeness (QED) is 0.671. The third-order valence-electron chi connectivity index (χ3n) is 1.49. The van der Waals surface area contributed by atoms with Gasteiger partial charge in [0.05, 0.1) is 6.07 Å². The van der Waals surface area contributed by atoms with Crippen molar-refractivity contribution in [3.63, 3.8) is 0 Å². The molecule has 0 aliphatic rings. The van der Waals surface area contributed by atoms with Gasteiger partial charge in [-0.05, 0) is 18.8 Å². The minimum atomic E-state index is -1.01. The monoisotopic (exact) mass is 155 g/mol. The van der Waals surface area contributed by atoms with Crippen molar-refractivity contribution >= 4 is 5.97 Å². The molecule has 1 N–H and O–H groups in total. The smallest absolute Gasteiger partial charge is 0.320 e. The average molecular weight is 155 g/mol. The zero-order chi connectivity index (χ0) is 8.85. The molecule has 0 aromatic rings. The normalized spacial score (nSPS) is 12.5. The molecule has 0 saturated carbocycles. The van der Waals surface area contributed by atoms with E-state index in [1.807, 2.05) is 13.8 Å². The third kappa shape index (κ3) is 4.38. The fourth-order valence-electron chi connectivity index (χ4n) is 0.743. The molecule has 3 heteroatoms. The molecule has 0 aromatic carbocycles. The highest BCUT2D eigenvalue weighted by atomic mass is 16.4. The van der Waals surface area contributed by atoms with Gasteiger partial charge in [-0.15, -0.1) is 0 Å². The lowest BCUT2D eigenvalue weighted by molar-refractivity contribution is -0.140. The Kier molecular flexibility index (Phi) is 4.28. The predicted molar refractivity (Wildman–Crippen MR) is 40.8 cm³/mol. The minimum Gasteiger partial charge on any atom is -0.480 e. The van der Waals surface area contributed by atoms with Gasteiger partial charge in [0.15, 0.2) is 0 Å². The second kappa shape index (κ2) is 4.73. The maximum atomic E-state index is 10.3. The van der Waals surface area contributed by atoms with E-state index in [4.69, 9.17) is 10.4 Å². The van der Waals surface area contributed by atoms with Gasteiger partial charge in [0.25, 0.3) is 0 Å². The molecule has 0 aromatic heterocycles. The lowest BCUT2D eigenvalue weighted by Crippen LogP contribution is -2.11. The number of nitrogens with zero attached hydrogens (tertiary/aromatic N) is 1. The van der Waals surface area contributed by atoms with Crippen LogP contribution in [0.3, 0.4) is 0 Å². The zero-order valence-corrected chi connectivity index (χ0v) is 6.87. The first kappa shape index (κ1) is 9.96. The van der Waals surface area contributed by atoms with Crippen molar-refractivity contribution in [2.45, 2.75) is 26.7 Å². The highest BCUT2D eigenvalue weighted by Crippen LogP contribution is 2.11. The molecule has 0 aliphatic carbocycles. The van der Waals surface area contributed by atoms with Crippen LogP contribution in [0.1, 0.15) is 26.7 Å². The van der Waals surface area contributed by atoms with E-state index in [0.29, 0.717) is 12.3 Å². The molecule has 3 nitrogen and oxygen atoms in total. The standard InChI is InChI=1S/C8H13NO2/c1-6(2)3-4-7(5-9)8(10)11/h6-7H,3-4H2,1-2H3,(H,10,11)/t7-/m0/s1. The highest BCUT2D eigenvalue weighted by molar-refractivity contribution is 5.72. The molecule has 0 unspecified atom stereocenters. The van der Waals surface area contributed by atoms with E-state index < -0.39 is 11.9 Å². The molecule has 0 saturated heterocycles. The maximum absolute atomic E-state index is 10.3. The van der Waals surface area contributed by atoms with E-state index in [1.165, 1.54) is 0 Å². The largest absolute Gasteiger partial charge is 0.480 e. The number of hydrogen-bond acceptors (Lipinski definition) is 2. The molecule has 11 heavy (non-hydrogen) atoms. The molecule has 0 heterocycles. The Morgan fingerprint density at radius 2 is 2.09 bits per heavy atom. The number of aliphatic carboxylic acids is 1. The van der Waals surface area contributed by atoms with Crippen LogP contribution in [0.15, 0.2) is 0 Å². The number of hydrogen-bond donors (Lipinski definition) is 1. The summed E-state index contributed by atoms with van der Waals surface area (Å²) in [7, 11) is 0. The van der Waals surface area contributed by atoms with Crippen LogP contribution in [0, 0.1) is 23.2 Å². The Bertz CT molecular complexity index is 169. The van der Waals surface area contributed by atoms with Gasteiger partial charge in [-0.2, -0.15) is 5.26 Å². The molecule has 62 valence electrons. The Labute approximate surface area is 66.6 Å². The summed E-state index contributed by atoms with van der Waals surface area (Å²) in [5.41, 5.74) is 0. The van der Waals surface area contributed by atoms with Gasteiger partial charge in [-0.3, -0.25) is 4.79 Å². The Morgan fingerprint density at radius 3 is 2.36 bits per heavy atom. The number of rotatable bonds is 4. The number of carboxylic acid groups (broad SMARTS) is 1. The van der Waals surface area contributed by atoms with Gasteiger partial charge in [-0.1, -0.05) is 13.8 Å². The van der Waals surface area contributed by atoms with E-state index in [1.54, 1.807) is 6.07 Å². The van der Waals surface area contributed by atoms with Crippen LogP contribution in [-0.2, 0) is 4.79 Å². The number of carbonyl (C=O) groups is 1. The second-order valence-corrected chi connectivity index (χ2v) is 2.99. The average Bonchev–Trinajstić information content (AvgIpc) is 1.87. The Balaban J connectivity index is 3.73. The van der Waals surface area contributed by atoms with Crippen molar-refractivity contribution in [3.05, 3.63) is 0 Å². The minimum absolute atomic E-state index is 0.462. The molecule has 0 radical (unpaired) electrons. The van der Waals surface area contributed by atoms with Crippen LogP contribution in [0.2, 0.25) is 0 Å². The van der Waals surface area contributed by atoms with Gasteiger partial charge in [0.2, 0.25) is 0 Å². The van der Waals surface area contributed by atoms with Crippen molar-refractivity contribution < 1.29 is 9.90 Å². The lowest BCUT2D eigenvalue weighted by atomic mass is 9.99. The molecule has 1 atom stereocenters. The number of carboxylic acids is 1. The summed E-state index contributed by atoms with van der Waals surface area (Å²) < 4.78 is 0. The predicted octanol–water partition coefficient (Wildman–Crippen LogP) is 1.65. The summed E-state index contributed by atoms with van der Waals surface area (Å²) in [6.45, 7) is 4.02. The summed E-state index contributed by atoms with van der Waals surface area (Å²) in [5, 5.41) is 16.8. The fourth-order valence-corrected chi connectivity index (χ4v) is 0.743. The summed E-state index contributed by atoms with van der Waals surface area (Å²) in [4.78, 5) is 10.3. The van der Waals surface area contributed by atoms with Gasteiger partial charge < -0.3 is 5.11 Å².